The standard InChI is InChI=1S/C12H19NS/c1-5-10-6-7-14-12(10)11(13-4)8-9(2)3/h6-7,11,13H,2,5,8H2,1,3-4H3. The second-order valence-electron chi connectivity index (χ2n) is 3.67. The molecule has 0 bridgehead atoms. The molecule has 0 radical (unpaired) electrons. The lowest BCUT2D eigenvalue weighted by Gasteiger charge is -2.16. The summed E-state index contributed by atoms with van der Waals surface area (Å²) in [5, 5.41) is 5.54. The van der Waals surface area contributed by atoms with Gasteiger partial charge in [0.05, 0.1) is 0 Å². The van der Waals surface area contributed by atoms with E-state index in [1.807, 2.05) is 18.4 Å². The van der Waals surface area contributed by atoms with E-state index in [1.54, 1.807) is 0 Å². The lowest BCUT2D eigenvalue weighted by molar-refractivity contribution is 0.595. The van der Waals surface area contributed by atoms with Crippen molar-refractivity contribution in [1.82, 2.24) is 5.32 Å². The molecular formula is C12H19NS. The van der Waals surface area contributed by atoms with Gasteiger partial charge in [-0.2, -0.15) is 0 Å². The van der Waals surface area contributed by atoms with Crippen LogP contribution in [0.5, 0.6) is 0 Å². The first-order valence-corrected chi connectivity index (χ1v) is 5.94. The van der Waals surface area contributed by atoms with Gasteiger partial charge in [-0.3, -0.25) is 0 Å². The zero-order valence-electron chi connectivity index (χ0n) is 9.26. The summed E-state index contributed by atoms with van der Waals surface area (Å²) in [6, 6.07) is 2.67. The molecule has 14 heavy (non-hydrogen) atoms. The molecule has 1 nitrogen and oxygen atoms in total. The van der Waals surface area contributed by atoms with E-state index in [2.05, 4.69) is 37.2 Å². The Labute approximate surface area is 90.9 Å². The zero-order chi connectivity index (χ0) is 10.6. The summed E-state index contributed by atoms with van der Waals surface area (Å²) >= 11 is 1.85. The largest absolute Gasteiger partial charge is 0.312 e. The van der Waals surface area contributed by atoms with Gasteiger partial charge in [0.1, 0.15) is 0 Å². The first-order valence-electron chi connectivity index (χ1n) is 5.07. The molecule has 0 amide bonds. The number of rotatable bonds is 5. The third kappa shape index (κ3) is 2.69. The minimum Gasteiger partial charge on any atom is -0.312 e. The highest BCUT2D eigenvalue weighted by Crippen LogP contribution is 2.28. The SMILES string of the molecule is C=C(C)CC(NC)c1sccc1CC. The monoisotopic (exact) mass is 209 g/mol. The highest BCUT2D eigenvalue weighted by Gasteiger charge is 2.13. The summed E-state index contributed by atoms with van der Waals surface area (Å²) in [5.74, 6) is 0. The molecule has 1 aromatic rings. The molecule has 0 saturated heterocycles. The predicted octanol–water partition coefficient (Wildman–Crippen LogP) is 3.54. The lowest BCUT2D eigenvalue weighted by Crippen LogP contribution is -2.16. The topological polar surface area (TPSA) is 12.0 Å². The van der Waals surface area contributed by atoms with Gasteiger partial charge >= 0.3 is 0 Å². The third-order valence-corrected chi connectivity index (χ3v) is 3.45. The van der Waals surface area contributed by atoms with Crippen LogP contribution in [0.3, 0.4) is 0 Å². The molecule has 1 heterocycles. The summed E-state index contributed by atoms with van der Waals surface area (Å²) in [5.41, 5.74) is 2.70. The van der Waals surface area contributed by atoms with Crippen molar-refractivity contribution in [3.05, 3.63) is 34.0 Å². The smallest absolute Gasteiger partial charge is 0.0452 e. The Hall–Kier alpha value is -0.600. The molecule has 1 atom stereocenters. The summed E-state index contributed by atoms with van der Waals surface area (Å²) in [6.45, 7) is 8.27. The molecule has 1 aromatic heterocycles. The molecule has 2 heteroatoms. The van der Waals surface area contributed by atoms with Crippen molar-refractivity contribution in [1.29, 1.82) is 0 Å². The normalized spacial score (nSPS) is 12.8. The maximum atomic E-state index is 3.97. The average Bonchev–Trinajstić information content (AvgIpc) is 2.61. The Bertz CT molecular complexity index is 301. The highest BCUT2D eigenvalue weighted by molar-refractivity contribution is 7.10. The van der Waals surface area contributed by atoms with Crippen molar-refractivity contribution < 1.29 is 0 Å². The molecule has 78 valence electrons. The number of aryl methyl sites for hydroxylation is 1. The maximum absolute atomic E-state index is 3.97. The van der Waals surface area contributed by atoms with Crippen LogP contribution in [0.15, 0.2) is 23.6 Å². The van der Waals surface area contributed by atoms with Crippen LogP contribution in [0.1, 0.15) is 36.8 Å². The molecule has 1 unspecified atom stereocenters. The second-order valence-corrected chi connectivity index (χ2v) is 4.61. The van der Waals surface area contributed by atoms with E-state index in [0.717, 1.165) is 12.8 Å². The minimum absolute atomic E-state index is 0.447. The average molecular weight is 209 g/mol. The van der Waals surface area contributed by atoms with Crippen LogP contribution in [-0.4, -0.2) is 7.05 Å². The summed E-state index contributed by atoms with van der Waals surface area (Å²) in [7, 11) is 2.02. The van der Waals surface area contributed by atoms with E-state index in [1.165, 1.54) is 16.0 Å². The first kappa shape index (κ1) is 11.5. The Kier molecular flexibility index (Phi) is 4.36. The molecule has 0 aromatic carbocycles. The quantitative estimate of drug-likeness (QED) is 0.731. The van der Waals surface area contributed by atoms with E-state index < -0.39 is 0 Å². The van der Waals surface area contributed by atoms with E-state index in [9.17, 15) is 0 Å². The number of hydrogen-bond donors (Lipinski definition) is 1. The molecule has 0 saturated carbocycles. The predicted molar refractivity (Wildman–Crippen MR) is 64.9 cm³/mol. The fraction of sp³-hybridized carbons (Fsp3) is 0.500. The van der Waals surface area contributed by atoms with Gasteiger partial charge in [0.2, 0.25) is 0 Å². The van der Waals surface area contributed by atoms with E-state index in [0.29, 0.717) is 6.04 Å². The zero-order valence-corrected chi connectivity index (χ0v) is 10.1. The van der Waals surface area contributed by atoms with Gasteiger partial charge in [0, 0.05) is 10.9 Å². The van der Waals surface area contributed by atoms with Gasteiger partial charge in [-0.15, -0.1) is 17.9 Å². The van der Waals surface area contributed by atoms with Crippen LogP contribution < -0.4 is 5.32 Å². The number of nitrogens with one attached hydrogen (secondary N) is 1. The van der Waals surface area contributed by atoms with Gasteiger partial charge in [-0.05, 0) is 43.8 Å². The molecule has 0 aliphatic heterocycles. The van der Waals surface area contributed by atoms with Gasteiger partial charge in [0.15, 0.2) is 0 Å². The Morgan fingerprint density at radius 2 is 2.36 bits per heavy atom. The van der Waals surface area contributed by atoms with Gasteiger partial charge < -0.3 is 5.32 Å². The third-order valence-electron chi connectivity index (χ3n) is 2.38. The van der Waals surface area contributed by atoms with Gasteiger partial charge in [-0.25, -0.2) is 0 Å². The summed E-state index contributed by atoms with van der Waals surface area (Å²) < 4.78 is 0. The van der Waals surface area contributed by atoms with Crippen LogP contribution in [0, 0.1) is 0 Å². The molecule has 0 aliphatic rings. The minimum atomic E-state index is 0.447. The molecule has 0 spiro atoms. The van der Waals surface area contributed by atoms with Crippen molar-refractivity contribution in [2.45, 2.75) is 32.7 Å². The Morgan fingerprint density at radius 1 is 1.64 bits per heavy atom. The molecule has 0 fully saturated rings. The van der Waals surface area contributed by atoms with Gasteiger partial charge in [-0.1, -0.05) is 12.5 Å². The van der Waals surface area contributed by atoms with E-state index in [4.69, 9.17) is 0 Å². The molecule has 0 aliphatic carbocycles. The van der Waals surface area contributed by atoms with Crippen molar-refractivity contribution in [2.24, 2.45) is 0 Å². The van der Waals surface area contributed by atoms with Crippen LogP contribution >= 0.6 is 11.3 Å². The van der Waals surface area contributed by atoms with Crippen LogP contribution in [0.4, 0.5) is 0 Å². The summed E-state index contributed by atoms with van der Waals surface area (Å²) in [6.07, 6.45) is 2.15. The Balaban J connectivity index is 2.82. The number of hydrogen-bond acceptors (Lipinski definition) is 2. The van der Waals surface area contributed by atoms with E-state index in [-0.39, 0.29) is 0 Å². The van der Waals surface area contributed by atoms with Crippen molar-refractivity contribution in [3.63, 3.8) is 0 Å². The van der Waals surface area contributed by atoms with Gasteiger partial charge in [0.25, 0.3) is 0 Å². The molecular weight excluding hydrogens is 190 g/mol. The van der Waals surface area contributed by atoms with Crippen LogP contribution in [0.25, 0.3) is 0 Å². The molecule has 1 N–H and O–H groups in total. The van der Waals surface area contributed by atoms with Crippen molar-refractivity contribution >= 4 is 11.3 Å². The first-order chi connectivity index (χ1) is 6.69. The van der Waals surface area contributed by atoms with Crippen molar-refractivity contribution in [2.75, 3.05) is 7.05 Å². The fourth-order valence-electron chi connectivity index (χ4n) is 1.62. The molecule has 1 rings (SSSR count). The Morgan fingerprint density at radius 3 is 2.86 bits per heavy atom. The van der Waals surface area contributed by atoms with Crippen molar-refractivity contribution in [3.8, 4) is 0 Å². The maximum Gasteiger partial charge on any atom is 0.0452 e. The fourth-order valence-corrected chi connectivity index (χ4v) is 2.73. The summed E-state index contributed by atoms with van der Waals surface area (Å²) in [4.78, 5) is 1.47. The van der Waals surface area contributed by atoms with Crippen LogP contribution in [0.2, 0.25) is 0 Å². The van der Waals surface area contributed by atoms with E-state index >= 15 is 0 Å². The second kappa shape index (κ2) is 5.32. The number of thiophene rings is 1. The lowest BCUT2D eigenvalue weighted by atomic mass is 10.0. The van der Waals surface area contributed by atoms with Crippen LogP contribution in [-0.2, 0) is 6.42 Å². The highest BCUT2D eigenvalue weighted by atomic mass is 32.1.